The number of esters is 1. The van der Waals surface area contributed by atoms with Crippen LogP contribution in [0.25, 0.3) is 0 Å². The summed E-state index contributed by atoms with van der Waals surface area (Å²) in [5.74, 6) is -0.233. The van der Waals surface area contributed by atoms with E-state index in [2.05, 4.69) is 43.5 Å². The Bertz CT molecular complexity index is 1240. The summed E-state index contributed by atoms with van der Waals surface area (Å²) in [5, 5.41) is 54.1. The first-order valence-corrected chi connectivity index (χ1v) is 28.8. The number of unbranched alkanes of at least 4 members (excludes halogenated alkanes) is 31. The van der Waals surface area contributed by atoms with Crippen LogP contribution in [0.5, 0.6) is 0 Å². The standard InChI is InChI=1S/C58H107NO10/c1-3-5-7-9-11-13-14-15-16-17-18-19-23-26-30-34-38-42-46-54(63)67-47-43-39-35-31-27-24-21-20-22-25-29-33-37-41-45-53(62)59-50(51(61)44-40-36-32-28-12-10-8-6-4-2)49-68-58-57(66)56(65)55(64)52(48-60)69-58/h12,16-17,28,40,44,50-52,55-58,60-61,64-66H,3-11,13-15,18-27,29-39,41-43,45-49H2,1-2H3,(H,59,62)/b17-16-,28-12+,44-40+. The lowest BCUT2D eigenvalue weighted by Crippen LogP contribution is -2.60. The highest BCUT2D eigenvalue weighted by Gasteiger charge is 2.44. The molecule has 0 saturated carbocycles. The lowest BCUT2D eigenvalue weighted by atomic mass is 9.99. The quantitative estimate of drug-likeness (QED) is 0.0196. The van der Waals surface area contributed by atoms with E-state index in [-0.39, 0.29) is 18.5 Å². The second-order valence-electron chi connectivity index (χ2n) is 20.0. The smallest absolute Gasteiger partial charge is 0.305 e. The summed E-state index contributed by atoms with van der Waals surface area (Å²) in [4.78, 5) is 25.1. The van der Waals surface area contributed by atoms with Gasteiger partial charge in [-0.2, -0.15) is 0 Å². The van der Waals surface area contributed by atoms with Crippen LogP contribution in [0.15, 0.2) is 36.5 Å². The molecule has 7 unspecified atom stereocenters. The van der Waals surface area contributed by atoms with E-state index in [0.717, 1.165) is 70.6 Å². The lowest BCUT2D eigenvalue weighted by Gasteiger charge is -2.40. The van der Waals surface area contributed by atoms with Gasteiger partial charge >= 0.3 is 5.97 Å². The van der Waals surface area contributed by atoms with Crippen molar-refractivity contribution in [2.45, 2.75) is 301 Å². The van der Waals surface area contributed by atoms with Crippen molar-refractivity contribution in [2.75, 3.05) is 19.8 Å². The predicted molar refractivity (Wildman–Crippen MR) is 283 cm³/mol. The molecule has 1 aliphatic rings. The first-order chi connectivity index (χ1) is 33.7. The van der Waals surface area contributed by atoms with Crippen molar-refractivity contribution >= 4 is 11.9 Å². The van der Waals surface area contributed by atoms with Gasteiger partial charge in [-0.1, -0.05) is 211 Å². The summed E-state index contributed by atoms with van der Waals surface area (Å²) in [6, 6.07) is -0.834. The molecule has 0 bridgehead atoms. The molecular weight excluding hydrogens is 871 g/mol. The molecule has 1 heterocycles. The Morgan fingerprint density at radius 1 is 0.522 bits per heavy atom. The van der Waals surface area contributed by atoms with Crippen LogP contribution >= 0.6 is 0 Å². The van der Waals surface area contributed by atoms with Crippen LogP contribution in [0.1, 0.15) is 258 Å². The van der Waals surface area contributed by atoms with Crippen molar-refractivity contribution < 1.29 is 49.3 Å². The minimum atomic E-state index is -1.58. The van der Waals surface area contributed by atoms with Crippen molar-refractivity contribution in [1.82, 2.24) is 5.32 Å². The van der Waals surface area contributed by atoms with Gasteiger partial charge in [0.05, 0.1) is 32.0 Å². The molecule has 1 fully saturated rings. The molecule has 404 valence electrons. The van der Waals surface area contributed by atoms with Crippen molar-refractivity contribution in [2.24, 2.45) is 0 Å². The van der Waals surface area contributed by atoms with Crippen LogP contribution in [0.4, 0.5) is 0 Å². The number of hydrogen-bond donors (Lipinski definition) is 6. The van der Waals surface area contributed by atoms with Gasteiger partial charge in [0.2, 0.25) is 5.91 Å². The van der Waals surface area contributed by atoms with E-state index in [0.29, 0.717) is 19.4 Å². The molecule has 1 aliphatic heterocycles. The largest absolute Gasteiger partial charge is 0.466 e. The Kier molecular flexibility index (Phi) is 45.3. The molecule has 1 amide bonds. The van der Waals surface area contributed by atoms with Crippen molar-refractivity contribution in [3.05, 3.63) is 36.5 Å². The van der Waals surface area contributed by atoms with E-state index >= 15 is 0 Å². The number of ether oxygens (including phenoxy) is 3. The van der Waals surface area contributed by atoms with Gasteiger partial charge < -0.3 is 45.1 Å². The van der Waals surface area contributed by atoms with E-state index in [4.69, 9.17) is 14.2 Å². The van der Waals surface area contributed by atoms with Gasteiger partial charge in [-0.15, -0.1) is 0 Å². The number of amides is 1. The number of carbonyl (C=O) groups excluding carboxylic acids is 2. The fourth-order valence-electron chi connectivity index (χ4n) is 8.86. The molecule has 7 atom stereocenters. The third-order valence-corrected chi connectivity index (χ3v) is 13.5. The summed E-state index contributed by atoms with van der Waals surface area (Å²) in [6.45, 7) is 4.23. The molecule has 0 radical (unpaired) electrons. The second kappa shape index (κ2) is 48.2. The topological polar surface area (TPSA) is 175 Å². The van der Waals surface area contributed by atoms with E-state index in [1.165, 1.54) is 161 Å². The lowest BCUT2D eigenvalue weighted by molar-refractivity contribution is -0.302. The Hall–Kier alpha value is -2.12. The highest BCUT2D eigenvalue weighted by Crippen LogP contribution is 2.23. The summed E-state index contributed by atoms with van der Waals surface area (Å²) in [7, 11) is 0. The van der Waals surface area contributed by atoms with Crippen molar-refractivity contribution in [1.29, 1.82) is 0 Å². The molecule has 1 saturated heterocycles. The maximum absolute atomic E-state index is 13.0. The highest BCUT2D eigenvalue weighted by molar-refractivity contribution is 5.76. The number of rotatable bonds is 49. The molecule has 6 N–H and O–H groups in total. The molecule has 69 heavy (non-hydrogen) atoms. The molecule has 11 nitrogen and oxygen atoms in total. The molecule has 11 heteroatoms. The van der Waals surface area contributed by atoms with E-state index in [1.54, 1.807) is 6.08 Å². The molecule has 0 aromatic heterocycles. The van der Waals surface area contributed by atoms with Gasteiger partial charge in [0.25, 0.3) is 0 Å². The van der Waals surface area contributed by atoms with Crippen LogP contribution in [-0.4, -0.2) is 100 Å². The number of aliphatic hydroxyl groups is 5. The number of nitrogens with one attached hydrogen (secondary N) is 1. The molecular formula is C58H107NO10. The Morgan fingerprint density at radius 3 is 1.46 bits per heavy atom. The summed E-state index contributed by atoms with van der Waals surface area (Å²) >= 11 is 0. The highest BCUT2D eigenvalue weighted by atomic mass is 16.7. The van der Waals surface area contributed by atoms with Crippen LogP contribution in [0.3, 0.4) is 0 Å². The van der Waals surface area contributed by atoms with Gasteiger partial charge in [0.1, 0.15) is 24.4 Å². The van der Waals surface area contributed by atoms with Crippen molar-refractivity contribution in [3.63, 3.8) is 0 Å². The van der Waals surface area contributed by atoms with Crippen LogP contribution in [0.2, 0.25) is 0 Å². The number of allylic oxidation sites excluding steroid dienone is 5. The third kappa shape index (κ3) is 38.2. The minimum absolute atomic E-state index is 0.0272. The second-order valence-corrected chi connectivity index (χ2v) is 20.0. The van der Waals surface area contributed by atoms with E-state index in [9.17, 15) is 35.1 Å². The van der Waals surface area contributed by atoms with Crippen molar-refractivity contribution in [3.8, 4) is 0 Å². The zero-order chi connectivity index (χ0) is 50.3. The fourth-order valence-corrected chi connectivity index (χ4v) is 8.86. The molecule has 0 aromatic carbocycles. The van der Waals surface area contributed by atoms with E-state index in [1.807, 2.05) is 6.08 Å². The fraction of sp³-hybridized carbons (Fsp3) is 0.862. The summed E-state index contributed by atoms with van der Waals surface area (Å²) in [6.07, 6.45) is 48.2. The monoisotopic (exact) mass is 978 g/mol. The average molecular weight is 978 g/mol. The number of aliphatic hydroxyl groups excluding tert-OH is 5. The molecule has 0 aliphatic carbocycles. The Labute approximate surface area is 422 Å². The van der Waals surface area contributed by atoms with E-state index < -0.39 is 49.5 Å². The first kappa shape index (κ1) is 64.9. The minimum Gasteiger partial charge on any atom is -0.466 e. The maximum atomic E-state index is 13.0. The van der Waals surface area contributed by atoms with Gasteiger partial charge in [0, 0.05) is 12.8 Å². The SMILES string of the molecule is CCCCC/C=C/CC/C=C/C(O)C(COC1OC(CO)C(O)C(O)C1O)NC(=O)CCCCCCCCCCCCCCCCOC(=O)CCCCCCCCC/C=C\CCCCCCCCC. The molecule has 0 spiro atoms. The zero-order valence-electron chi connectivity index (χ0n) is 44.3. The summed E-state index contributed by atoms with van der Waals surface area (Å²) < 4.78 is 16.7. The zero-order valence-corrected chi connectivity index (χ0v) is 44.3. The predicted octanol–water partition coefficient (Wildman–Crippen LogP) is 12.7. The van der Waals surface area contributed by atoms with Gasteiger partial charge in [-0.25, -0.2) is 0 Å². The third-order valence-electron chi connectivity index (χ3n) is 13.5. The van der Waals surface area contributed by atoms with Gasteiger partial charge in [-0.05, 0) is 70.6 Å². The summed E-state index contributed by atoms with van der Waals surface area (Å²) in [5.41, 5.74) is 0. The van der Waals surface area contributed by atoms with Gasteiger partial charge in [0.15, 0.2) is 6.29 Å². The number of carbonyl (C=O) groups is 2. The van der Waals surface area contributed by atoms with Crippen LogP contribution in [0, 0.1) is 0 Å². The molecule has 0 aromatic rings. The normalized spacial score (nSPS) is 19.6. The maximum Gasteiger partial charge on any atom is 0.305 e. The first-order valence-electron chi connectivity index (χ1n) is 28.8. The molecule has 1 rings (SSSR count). The van der Waals surface area contributed by atoms with Gasteiger partial charge in [-0.3, -0.25) is 9.59 Å². The Morgan fingerprint density at radius 2 is 0.942 bits per heavy atom. The van der Waals surface area contributed by atoms with Crippen LogP contribution in [-0.2, 0) is 23.8 Å². The Balaban J connectivity index is 2.05. The number of hydrogen-bond acceptors (Lipinski definition) is 10. The average Bonchev–Trinajstić information content (AvgIpc) is 3.34. The van der Waals surface area contributed by atoms with Crippen LogP contribution < -0.4 is 5.32 Å².